The van der Waals surface area contributed by atoms with Crippen LogP contribution in [0.1, 0.15) is 42.6 Å². The van der Waals surface area contributed by atoms with Gasteiger partial charge >= 0.3 is 5.97 Å². The molecule has 0 aliphatic carbocycles. The fourth-order valence-electron chi connectivity index (χ4n) is 2.42. The quantitative estimate of drug-likeness (QED) is 0.292. The van der Waals surface area contributed by atoms with Gasteiger partial charge in [-0.2, -0.15) is 5.26 Å². The number of nitrogens with zero attached hydrogens (tertiary/aromatic N) is 1. The lowest BCUT2D eigenvalue weighted by atomic mass is 10.1. The molecule has 0 bridgehead atoms. The normalized spacial score (nSPS) is 10.7. The number of unbranched alkanes of at least 4 members (excludes halogenated alkanes) is 1. The second-order valence-electron chi connectivity index (χ2n) is 6.19. The second-order valence-corrected chi connectivity index (χ2v) is 6.19. The molecule has 6 nitrogen and oxygen atoms in total. The van der Waals surface area contributed by atoms with Gasteiger partial charge in [-0.15, -0.1) is 0 Å². The Morgan fingerprint density at radius 2 is 1.76 bits per heavy atom. The Kier molecular flexibility index (Phi) is 8.46. The average Bonchev–Trinajstić information content (AvgIpc) is 2.74. The molecule has 6 heteroatoms. The Labute approximate surface area is 170 Å². The molecule has 0 unspecified atom stereocenters. The SMILES string of the molecule is CCCCOC(=O)c1ccc(NC(=O)/C(C#N)=C/c2ccc(OCC)cc2)cc1. The van der Waals surface area contributed by atoms with E-state index in [4.69, 9.17) is 9.47 Å². The zero-order valence-corrected chi connectivity index (χ0v) is 16.6. The minimum absolute atomic E-state index is 0.0304. The molecule has 0 saturated heterocycles. The zero-order chi connectivity index (χ0) is 21.1. The number of hydrogen-bond acceptors (Lipinski definition) is 5. The molecule has 0 radical (unpaired) electrons. The van der Waals surface area contributed by atoms with E-state index in [1.54, 1.807) is 48.5 Å². The molecule has 0 aliphatic rings. The van der Waals surface area contributed by atoms with Crippen LogP contribution in [0.25, 0.3) is 6.08 Å². The summed E-state index contributed by atoms with van der Waals surface area (Å²) >= 11 is 0. The number of nitriles is 1. The van der Waals surface area contributed by atoms with Crippen LogP contribution in [0.3, 0.4) is 0 Å². The Morgan fingerprint density at radius 1 is 1.07 bits per heavy atom. The van der Waals surface area contributed by atoms with Crippen molar-refractivity contribution in [3.63, 3.8) is 0 Å². The van der Waals surface area contributed by atoms with Crippen molar-refractivity contribution >= 4 is 23.6 Å². The number of hydrogen-bond donors (Lipinski definition) is 1. The van der Waals surface area contributed by atoms with Gasteiger partial charge in [-0.25, -0.2) is 4.79 Å². The molecule has 150 valence electrons. The summed E-state index contributed by atoms with van der Waals surface area (Å²) in [5, 5.41) is 12.0. The predicted octanol–water partition coefficient (Wildman–Crippen LogP) is 4.59. The number of nitrogens with one attached hydrogen (secondary N) is 1. The van der Waals surface area contributed by atoms with Gasteiger partial charge in [-0.1, -0.05) is 25.5 Å². The second kappa shape index (κ2) is 11.3. The molecule has 1 amide bonds. The summed E-state index contributed by atoms with van der Waals surface area (Å²) in [6.45, 7) is 4.87. The highest BCUT2D eigenvalue weighted by atomic mass is 16.5. The van der Waals surface area contributed by atoms with Crippen molar-refractivity contribution in [2.45, 2.75) is 26.7 Å². The number of esters is 1. The maximum absolute atomic E-state index is 12.4. The van der Waals surface area contributed by atoms with Crippen molar-refractivity contribution < 1.29 is 19.1 Å². The van der Waals surface area contributed by atoms with Crippen LogP contribution in [0, 0.1) is 11.3 Å². The van der Waals surface area contributed by atoms with Crippen molar-refractivity contribution in [2.24, 2.45) is 0 Å². The molecule has 0 heterocycles. The van der Waals surface area contributed by atoms with Crippen LogP contribution in [0.5, 0.6) is 5.75 Å². The van der Waals surface area contributed by atoms with E-state index in [2.05, 4.69) is 5.32 Å². The van der Waals surface area contributed by atoms with Crippen LogP contribution in [0.2, 0.25) is 0 Å². The minimum Gasteiger partial charge on any atom is -0.494 e. The van der Waals surface area contributed by atoms with E-state index in [1.165, 1.54) is 6.08 Å². The molecule has 0 atom stereocenters. The highest BCUT2D eigenvalue weighted by molar-refractivity contribution is 6.09. The van der Waals surface area contributed by atoms with Crippen molar-refractivity contribution in [1.29, 1.82) is 5.26 Å². The van der Waals surface area contributed by atoms with Crippen molar-refractivity contribution in [3.8, 4) is 11.8 Å². The Hall–Kier alpha value is -3.59. The lowest BCUT2D eigenvalue weighted by Gasteiger charge is -2.07. The summed E-state index contributed by atoms with van der Waals surface area (Å²) < 4.78 is 10.5. The van der Waals surface area contributed by atoms with E-state index in [-0.39, 0.29) is 5.57 Å². The number of carbonyl (C=O) groups is 2. The van der Waals surface area contributed by atoms with E-state index in [1.807, 2.05) is 19.9 Å². The molecule has 0 fully saturated rings. The first-order valence-electron chi connectivity index (χ1n) is 9.50. The first kappa shape index (κ1) is 21.7. The van der Waals surface area contributed by atoms with Crippen LogP contribution in [-0.2, 0) is 9.53 Å². The third-order valence-electron chi connectivity index (χ3n) is 3.98. The summed E-state index contributed by atoms with van der Waals surface area (Å²) in [7, 11) is 0. The Balaban J connectivity index is 2.01. The monoisotopic (exact) mass is 392 g/mol. The summed E-state index contributed by atoms with van der Waals surface area (Å²) in [5.74, 6) is -0.204. The van der Waals surface area contributed by atoms with Gasteiger partial charge in [-0.3, -0.25) is 4.79 Å². The third kappa shape index (κ3) is 6.82. The molecule has 1 N–H and O–H groups in total. The largest absolute Gasteiger partial charge is 0.494 e. The Morgan fingerprint density at radius 3 is 2.34 bits per heavy atom. The smallest absolute Gasteiger partial charge is 0.338 e. The lowest BCUT2D eigenvalue weighted by molar-refractivity contribution is -0.112. The van der Waals surface area contributed by atoms with E-state index < -0.39 is 11.9 Å². The summed E-state index contributed by atoms with van der Waals surface area (Å²) in [6, 6.07) is 15.4. The van der Waals surface area contributed by atoms with Crippen LogP contribution < -0.4 is 10.1 Å². The highest BCUT2D eigenvalue weighted by Gasteiger charge is 2.11. The molecule has 0 aliphatic heterocycles. The van der Waals surface area contributed by atoms with Gasteiger partial charge < -0.3 is 14.8 Å². The van der Waals surface area contributed by atoms with Crippen LogP contribution in [0.4, 0.5) is 5.69 Å². The molecule has 2 aromatic rings. The van der Waals surface area contributed by atoms with Crippen molar-refractivity contribution in [1.82, 2.24) is 0 Å². The predicted molar refractivity (Wildman–Crippen MR) is 111 cm³/mol. The Bertz CT molecular complexity index is 894. The van der Waals surface area contributed by atoms with Crippen LogP contribution in [0.15, 0.2) is 54.1 Å². The van der Waals surface area contributed by atoms with Crippen LogP contribution in [-0.4, -0.2) is 25.1 Å². The van der Waals surface area contributed by atoms with Crippen molar-refractivity contribution in [3.05, 3.63) is 65.2 Å². The number of anilines is 1. The van der Waals surface area contributed by atoms with Crippen molar-refractivity contribution in [2.75, 3.05) is 18.5 Å². The lowest BCUT2D eigenvalue weighted by Crippen LogP contribution is -2.13. The van der Waals surface area contributed by atoms with E-state index in [9.17, 15) is 14.9 Å². The standard InChI is InChI=1S/C23H24N2O4/c1-3-5-14-29-23(27)18-8-10-20(11-9-18)25-22(26)19(16-24)15-17-6-12-21(13-7-17)28-4-2/h6-13,15H,3-5,14H2,1-2H3,(H,25,26)/b19-15+. The summed E-state index contributed by atoms with van der Waals surface area (Å²) in [4.78, 5) is 24.3. The molecular formula is C23H24N2O4. The third-order valence-corrected chi connectivity index (χ3v) is 3.98. The molecular weight excluding hydrogens is 368 g/mol. The van der Waals surface area contributed by atoms with Gasteiger partial charge in [0.25, 0.3) is 5.91 Å². The zero-order valence-electron chi connectivity index (χ0n) is 16.6. The summed E-state index contributed by atoms with van der Waals surface area (Å²) in [5.41, 5.74) is 1.57. The number of amides is 1. The molecule has 0 aromatic heterocycles. The molecule has 2 aromatic carbocycles. The average molecular weight is 392 g/mol. The minimum atomic E-state index is -0.528. The molecule has 0 saturated carbocycles. The fourth-order valence-corrected chi connectivity index (χ4v) is 2.42. The molecule has 2 rings (SSSR count). The number of carbonyl (C=O) groups excluding carboxylic acids is 2. The van der Waals surface area contributed by atoms with Gasteiger partial charge in [0.1, 0.15) is 17.4 Å². The summed E-state index contributed by atoms with van der Waals surface area (Å²) in [6.07, 6.45) is 3.27. The van der Waals surface area contributed by atoms with Crippen LogP contribution >= 0.6 is 0 Å². The van der Waals surface area contributed by atoms with E-state index >= 15 is 0 Å². The van der Waals surface area contributed by atoms with E-state index in [0.29, 0.717) is 30.0 Å². The van der Waals surface area contributed by atoms with Gasteiger partial charge in [0.05, 0.1) is 18.8 Å². The number of benzene rings is 2. The number of ether oxygens (including phenoxy) is 2. The van der Waals surface area contributed by atoms with Gasteiger partial charge in [-0.05, 0) is 61.4 Å². The first-order chi connectivity index (χ1) is 14.1. The van der Waals surface area contributed by atoms with Gasteiger partial charge in [0.2, 0.25) is 0 Å². The van der Waals surface area contributed by atoms with Gasteiger partial charge in [0, 0.05) is 5.69 Å². The maximum atomic E-state index is 12.4. The first-order valence-corrected chi connectivity index (χ1v) is 9.50. The van der Waals surface area contributed by atoms with Gasteiger partial charge in [0.15, 0.2) is 0 Å². The maximum Gasteiger partial charge on any atom is 0.338 e. The van der Waals surface area contributed by atoms with E-state index in [0.717, 1.165) is 18.6 Å². The highest BCUT2D eigenvalue weighted by Crippen LogP contribution is 2.16. The number of rotatable bonds is 9. The fraction of sp³-hybridized carbons (Fsp3) is 0.261. The molecule has 0 spiro atoms. The molecule has 29 heavy (non-hydrogen) atoms. The topological polar surface area (TPSA) is 88.4 Å².